The molecule has 0 spiro atoms. The molecule has 2 rings (SSSR count). The number of benzene rings is 1. The van der Waals surface area contributed by atoms with Gasteiger partial charge in [0.25, 0.3) is 0 Å². The van der Waals surface area contributed by atoms with Crippen molar-refractivity contribution >= 4 is 35.3 Å². The molecule has 7 heteroatoms. The molecule has 0 aliphatic heterocycles. The lowest BCUT2D eigenvalue weighted by atomic mass is 9.80. The van der Waals surface area contributed by atoms with Crippen molar-refractivity contribution in [2.75, 3.05) is 5.32 Å². The molecular formula is C9H9BN2O4. The van der Waals surface area contributed by atoms with E-state index in [1.54, 1.807) is 6.07 Å². The van der Waals surface area contributed by atoms with Crippen LogP contribution in [-0.2, 0) is 4.79 Å². The molecule has 1 heterocycles. The summed E-state index contributed by atoms with van der Waals surface area (Å²) in [5.41, 5.74) is 0.774. The van der Waals surface area contributed by atoms with Crippen molar-refractivity contribution in [3.63, 3.8) is 0 Å². The topological polar surface area (TPSA) is 95.6 Å². The first-order chi connectivity index (χ1) is 7.58. The van der Waals surface area contributed by atoms with Crippen LogP contribution in [0.1, 0.15) is 6.92 Å². The number of carbonyl (C=O) groups excluding carboxylic acids is 1. The summed E-state index contributed by atoms with van der Waals surface area (Å²) < 4.78 is 4.96. The van der Waals surface area contributed by atoms with E-state index in [1.807, 2.05) is 0 Å². The van der Waals surface area contributed by atoms with Crippen LogP contribution in [0.4, 0.5) is 5.82 Å². The van der Waals surface area contributed by atoms with E-state index in [0.717, 1.165) is 0 Å². The van der Waals surface area contributed by atoms with E-state index in [4.69, 9.17) is 14.6 Å². The lowest BCUT2D eigenvalue weighted by Gasteiger charge is -1.99. The van der Waals surface area contributed by atoms with Gasteiger partial charge >= 0.3 is 7.12 Å². The van der Waals surface area contributed by atoms with Crippen LogP contribution in [0.2, 0.25) is 0 Å². The molecule has 6 nitrogen and oxygen atoms in total. The molecule has 0 radical (unpaired) electrons. The van der Waals surface area contributed by atoms with Crippen molar-refractivity contribution in [3.05, 3.63) is 18.2 Å². The molecule has 16 heavy (non-hydrogen) atoms. The highest BCUT2D eigenvalue weighted by atomic mass is 16.5. The summed E-state index contributed by atoms with van der Waals surface area (Å²) in [4.78, 5) is 10.9. The van der Waals surface area contributed by atoms with Gasteiger partial charge in [0.1, 0.15) is 0 Å². The molecule has 3 N–H and O–H groups in total. The fourth-order valence-electron chi connectivity index (χ4n) is 1.37. The van der Waals surface area contributed by atoms with E-state index in [2.05, 4.69) is 10.5 Å². The molecule has 2 aromatic rings. The quantitative estimate of drug-likeness (QED) is 0.591. The Bertz CT molecular complexity index is 537. The van der Waals surface area contributed by atoms with E-state index >= 15 is 0 Å². The summed E-state index contributed by atoms with van der Waals surface area (Å²) in [6.07, 6.45) is 0. The molecule has 0 bridgehead atoms. The second kappa shape index (κ2) is 3.95. The zero-order valence-corrected chi connectivity index (χ0v) is 8.47. The van der Waals surface area contributed by atoms with Gasteiger partial charge in [-0.05, 0) is 17.6 Å². The van der Waals surface area contributed by atoms with Gasteiger partial charge in [0, 0.05) is 6.92 Å². The van der Waals surface area contributed by atoms with Crippen LogP contribution in [0, 0.1) is 0 Å². The van der Waals surface area contributed by atoms with E-state index in [9.17, 15) is 4.79 Å². The lowest BCUT2D eigenvalue weighted by molar-refractivity contribution is -0.114. The standard InChI is InChI=1S/C9H9BN2O4/c1-5(13)11-9-7-4-6(10(14)15)2-3-8(7)16-12-9/h2-4,14-15H,1H3,(H,11,12,13). The second-order valence-corrected chi connectivity index (χ2v) is 3.34. The largest absolute Gasteiger partial charge is 0.488 e. The first-order valence-corrected chi connectivity index (χ1v) is 4.61. The molecule has 0 aliphatic carbocycles. The summed E-state index contributed by atoms with van der Waals surface area (Å²) in [7, 11) is -1.57. The van der Waals surface area contributed by atoms with E-state index in [0.29, 0.717) is 16.4 Å². The summed E-state index contributed by atoms with van der Waals surface area (Å²) in [6, 6.07) is 4.57. The van der Waals surface area contributed by atoms with Crippen LogP contribution in [0.15, 0.2) is 22.7 Å². The first kappa shape index (κ1) is 10.7. The smallest absolute Gasteiger partial charge is 0.423 e. The van der Waals surface area contributed by atoms with Gasteiger partial charge in [-0.25, -0.2) is 0 Å². The highest BCUT2D eigenvalue weighted by molar-refractivity contribution is 6.59. The van der Waals surface area contributed by atoms with Crippen LogP contribution in [0.5, 0.6) is 0 Å². The average molecular weight is 220 g/mol. The lowest BCUT2D eigenvalue weighted by Crippen LogP contribution is -2.29. The van der Waals surface area contributed by atoms with Crippen LogP contribution in [-0.4, -0.2) is 28.2 Å². The number of hydrogen-bond donors (Lipinski definition) is 3. The van der Waals surface area contributed by atoms with Gasteiger partial charge in [-0.1, -0.05) is 11.2 Å². The normalized spacial score (nSPS) is 10.4. The highest BCUT2D eigenvalue weighted by Crippen LogP contribution is 2.21. The van der Waals surface area contributed by atoms with Crippen LogP contribution >= 0.6 is 0 Å². The number of hydrogen-bond acceptors (Lipinski definition) is 5. The van der Waals surface area contributed by atoms with Crippen LogP contribution in [0.3, 0.4) is 0 Å². The molecular weight excluding hydrogens is 211 g/mol. The number of amides is 1. The third-order valence-electron chi connectivity index (χ3n) is 2.09. The van der Waals surface area contributed by atoms with Crippen molar-refractivity contribution < 1.29 is 19.4 Å². The van der Waals surface area contributed by atoms with Gasteiger partial charge in [-0.15, -0.1) is 0 Å². The molecule has 82 valence electrons. The second-order valence-electron chi connectivity index (χ2n) is 3.34. The molecule has 0 fully saturated rings. The number of nitrogens with zero attached hydrogens (tertiary/aromatic N) is 1. The van der Waals surface area contributed by atoms with Gasteiger partial charge in [-0.3, -0.25) is 4.79 Å². The number of carbonyl (C=O) groups is 1. The molecule has 0 saturated carbocycles. The molecule has 1 aromatic heterocycles. The Labute approximate surface area is 91.0 Å². The summed E-state index contributed by atoms with van der Waals surface area (Å²) in [5.74, 6) is -0.00449. The predicted octanol–water partition coefficient (Wildman–Crippen LogP) is -0.534. The fraction of sp³-hybridized carbons (Fsp3) is 0.111. The Morgan fingerprint density at radius 1 is 1.50 bits per heavy atom. The van der Waals surface area contributed by atoms with Crippen molar-refractivity contribution in [1.29, 1.82) is 0 Å². The Balaban J connectivity index is 2.51. The van der Waals surface area contributed by atoms with Crippen LogP contribution in [0.25, 0.3) is 11.0 Å². The molecule has 1 amide bonds. The average Bonchev–Trinajstić information content (AvgIpc) is 2.60. The molecule has 0 unspecified atom stereocenters. The molecule has 0 saturated heterocycles. The van der Waals surface area contributed by atoms with Crippen LogP contribution < -0.4 is 10.8 Å². The number of rotatable bonds is 2. The van der Waals surface area contributed by atoms with Crippen molar-refractivity contribution in [2.45, 2.75) is 6.92 Å². The number of aromatic nitrogens is 1. The highest BCUT2D eigenvalue weighted by Gasteiger charge is 2.15. The summed E-state index contributed by atoms with van der Waals surface area (Å²) in [5, 5.41) is 24.7. The minimum Gasteiger partial charge on any atom is -0.423 e. The molecule has 1 aromatic carbocycles. The monoisotopic (exact) mass is 220 g/mol. The molecule has 0 aliphatic rings. The Hall–Kier alpha value is -1.86. The minimum atomic E-state index is -1.57. The fourth-order valence-corrected chi connectivity index (χ4v) is 1.37. The van der Waals surface area contributed by atoms with Gasteiger partial charge in [0.05, 0.1) is 5.39 Å². The predicted molar refractivity (Wildman–Crippen MR) is 58.1 cm³/mol. The zero-order valence-electron chi connectivity index (χ0n) is 8.47. The Kier molecular flexibility index (Phi) is 2.63. The number of fused-ring (bicyclic) bond motifs is 1. The van der Waals surface area contributed by atoms with Crippen molar-refractivity contribution in [1.82, 2.24) is 5.16 Å². The number of nitrogens with one attached hydrogen (secondary N) is 1. The van der Waals surface area contributed by atoms with Gasteiger partial charge in [-0.2, -0.15) is 0 Å². The third-order valence-corrected chi connectivity index (χ3v) is 2.09. The van der Waals surface area contributed by atoms with E-state index in [-0.39, 0.29) is 11.7 Å². The summed E-state index contributed by atoms with van der Waals surface area (Å²) in [6.45, 7) is 1.35. The SMILES string of the molecule is CC(=O)Nc1noc2ccc(B(O)O)cc12. The summed E-state index contributed by atoms with van der Waals surface area (Å²) >= 11 is 0. The third kappa shape index (κ3) is 1.90. The van der Waals surface area contributed by atoms with E-state index < -0.39 is 7.12 Å². The zero-order chi connectivity index (χ0) is 11.7. The number of anilines is 1. The van der Waals surface area contributed by atoms with E-state index in [1.165, 1.54) is 19.1 Å². The van der Waals surface area contributed by atoms with Crippen molar-refractivity contribution in [2.24, 2.45) is 0 Å². The minimum absolute atomic E-state index is 0.269. The van der Waals surface area contributed by atoms with Gasteiger partial charge in [0.2, 0.25) is 5.91 Å². The van der Waals surface area contributed by atoms with Crippen molar-refractivity contribution in [3.8, 4) is 0 Å². The van der Waals surface area contributed by atoms with Gasteiger partial charge < -0.3 is 19.9 Å². The Morgan fingerprint density at radius 3 is 2.88 bits per heavy atom. The van der Waals surface area contributed by atoms with Gasteiger partial charge in [0.15, 0.2) is 11.4 Å². The maximum atomic E-state index is 10.9. The maximum absolute atomic E-state index is 10.9. The maximum Gasteiger partial charge on any atom is 0.488 e. The molecule has 0 atom stereocenters. The first-order valence-electron chi connectivity index (χ1n) is 4.61. The Morgan fingerprint density at radius 2 is 2.25 bits per heavy atom.